The van der Waals surface area contributed by atoms with Gasteiger partial charge >= 0.3 is 0 Å². The highest BCUT2D eigenvalue weighted by molar-refractivity contribution is 6.30. The fourth-order valence-corrected chi connectivity index (χ4v) is 2.46. The van der Waals surface area contributed by atoms with E-state index in [2.05, 4.69) is 15.5 Å². The molecule has 3 aromatic rings. The molecule has 6 heteroatoms. The number of aryl methyl sites for hydroxylation is 1. The maximum Gasteiger partial charge on any atom is 0.247 e. The van der Waals surface area contributed by atoms with E-state index in [4.69, 9.17) is 16.0 Å². The van der Waals surface area contributed by atoms with Crippen molar-refractivity contribution >= 4 is 17.5 Å². The van der Waals surface area contributed by atoms with Gasteiger partial charge in [-0.3, -0.25) is 4.79 Å². The number of benzene rings is 2. The second-order valence-electron chi connectivity index (χ2n) is 5.77. The number of aromatic nitrogens is 2. The minimum Gasteiger partial charge on any atom is -0.420 e. The molecule has 3 rings (SSSR count). The van der Waals surface area contributed by atoms with E-state index in [0.29, 0.717) is 23.3 Å². The van der Waals surface area contributed by atoms with Crippen LogP contribution >= 0.6 is 11.6 Å². The van der Waals surface area contributed by atoms with Crippen molar-refractivity contribution in [3.63, 3.8) is 0 Å². The molecule has 0 fully saturated rings. The maximum absolute atomic E-state index is 12.0. The van der Waals surface area contributed by atoms with Crippen molar-refractivity contribution in [2.45, 2.75) is 19.8 Å². The predicted octanol–water partition coefficient (Wildman–Crippen LogP) is 3.60. The van der Waals surface area contributed by atoms with E-state index < -0.39 is 0 Å². The van der Waals surface area contributed by atoms with E-state index in [-0.39, 0.29) is 12.3 Å². The van der Waals surface area contributed by atoms with E-state index in [1.165, 1.54) is 0 Å². The SMILES string of the molecule is Cc1ccc(-c2nnc(CC(=O)NCCc3ccc(Cl)cc3)o2)cc1. The summed E-state index contributed by atoms with van der Waals surface area (Å²) in [6, 6.07) is 15.3. The molecule has 0 saturated carbocycles. The van der Waals surface area contributed by atoms with Crippen LogP contribution in [0, 0.1) is 6.92 Å². The first-order valence-corrected chi connectivity index (χ1v) is 8.38. The summed E-state index contributed by atoms with van der Waals surface area (Å²) >= 11 is 5.85. The molecule has 1 aromatic heterocycles. The van der Waals surface area contributed by atoms with Gasteiger partial charge in [-0.05, 0) is 43.2 Å². The third-order valence-corrected chi connectivity index (χ3v) is 3.98. The molecule has 1 N–H and O–H groups in total. The molecule has 2 aromatic carbocycles. The Morgan fingerprint density at radius 2 is 1.80 bits per heavy atom. The van der Waals surface area contributed by atoms with Gasteiger partial charge in [-0.25, -0.2) is 0 Å². The van der Waals surface area contributed by atoms with Crippen molar-refractivity contribution in [1.82, 2.24) is 15.5 Å². The van der Waals surface area contributed by atoms with Crippen molar-refractivity contribution in [2.75, 3.05) is 6.54 Å². The van der Waals surface area contributed by atoms with Gasteiger partial charge in [0.1, 0.15) is 6.42 Å². The minimum absolute atomic E-state index is 0.0689. The Bertz CT molecular complexity index is 842. The number of carbonyl (C=O) groups is 1. The van der Waals surface area contributed by atoms with Crippen LogP contribution in [-0.4, -0.2) is 22.6 Å². The van der Waals surface area contributed by atoms with Crippen LogP contribution < -0.4 is 5.32 Å². The lowest BCUT2D eigenvalue weighted by Gasteiger charge is -2.04. The van der Waals surface area contributed by atoms with E-state index in [1.54, 1.807) is 0 Å². The Kier molecular flexibility index (Phi) is 5.46. The average molecular weight is 356 g/mol. The second-order valence-corrected chi connectivity index (χ2v) is 6.21. The lowest BCUT2D eigenvalue weighted by atomic mass is 10.1. The number of hydrogen-bond donors (Lipinski definition) is 1. The van der Waals surface area contributed by atoms with Crippen LogP contribution in [0.1, 0.15) is 17.0 Å². The number of amides is 1. The molecule has 0 radical (unpaired) electrons. The Labute approximate surface area is 151 Å². The van der Waals surface area contributed by atoms with Gasteiger partial charge in [0.2, 0.25) is 17.7 Å². The smallest absolute Gasteiger partial charge is 0.247 e. The molecule has 0 aliphatic rings. The number of nitrogens with zero attached hydrogens (tertiary/aromatic N) is 2. The first-order valence-electron chi connectivity index (χ1n) is 8.01. The van der Waals surface area contributed by atoms with E-state index in [1.807, 2.05) is 55.5 Å². The summed E-state index contributed by atoms with van der Waals surface area (Å²) in [7, 11) is 0. The average Bonchev–Trinajstić information content (AvgIpc) is 3.06. The predicted molar refractivity (Wildman–Crippen MR) is 96.3 cm³/mol. The lowest BCUT2D eigenvalue weighted by Crippen LogP contribution is -2.27. The van der Waals surface area contributed by atoms with E-state index in [0.717, 1.165) is 23.1 Å². The summed E-state index contributed by atoms with van der Waals surface area (Å²) in [6.45, 7) is 2.55. The van der Waals surface area contributed by atoms with Gasteiger partial charge in [-0.1, -0.05) is 41.4 Å². The third-order valence-electron chi connectivity index (χ3n) is 3.73. The number of hydrogen-bond acceptors (Lipinski definition) is 4. The monoisotopic (exact) mass is 355 g/mol. The van der Waals surface area contributed by atoms with Gasteiger partial charge in [-0.2, -0.15) is 0 Å². The highest BCUT2D eigenvalue weighted by atomic mass is 35.5. The molecule has 5 nitrogen and oxygen atoms in total. The van der Waals surface area contributed by atoms with E-state index >= 15 is 0 Å². The fraction of sp³-hybridized carbons (Fsp3) is 0.211. The Morgan fingerprint density at radius 3 is 2.52 bits per heavy atom. The summed E-state index contributed by atoms with van der Waals surface area (Å²) in [4.78, 5) is 12.0. The fourth-order valence-electron chi connectivity index (χ4n) is 2.34. The molecule has 0 aliphatic heterocycles. The van der Waals surface area contributed by atoms with Gasteiger partial charge in [0.05, 0.1) is 0 Å². The summed E-state index contributed by atoms with van der Waals surface area (Å²) in [6.07, 6.45) is 0.806. The summed E-state index contributed by atoms with van der Waals surface area (Å²) in [5, 5.41) is 11.5. The van der Waals surface area contributed by atoms with Gasteiger partial charge in [0.25, 0.3) is 0 Å². The number of rotatable bonds is 6. The van der Waals surface area contributed by atoms with Crippen LogP contribution in [0.25, 0.3) is 11.5 Å². The molecule has 0 unspecified atom stereocenters. The van der Waals surface area contributed by atoms with Crippen molar-refractivity contribution in [3.8, 4) is 11.5 Å². The van der Waals surface area contributed by atoms with Crippen molar-refractivity contribution in [2.24, 2.45) is 0 Å². The van der Waals surface area contributed by atoms with Crippen molar-refractivity contribution in [1.29, 1.82) is 0 Å². The molecule has 0 bridgehead atoms. The van der Waals surface area contributed by atoms with Gasteiger partial charge in [0.15, 0.2) is 0 Å². The van der Waals surface area contributed by atoms with Gasteiger partial charge in [0, 0.05) is 17.1 Å². The van der Waals surface area contributed by atoms with Crippen LogP contribution in [0.5, 0.6) is 0 Å². The number of nitrogens with one attached hydrogen (secondary N) is 1. The molecule has 1 heterocycles. The first-order chi connectivity index (χ1) is 12.1. The van der Waals surface area contributed by atoms with Crippen LogP contribution in [-0.2, 0) is 17.6 Å². The second kappa shape index (κ2) is 7.94. The Hall–Kier alpha value is -2.66. The van der Waals surface area contributed by atoms with Crippen LogP contribution in [0.3, 0.4) is 0 Å². The highest BCUT2D eigenvalue weighted by Crippen LogP contribution is 2.18. The molecule has 128 valence electrons. The molecule has 1 amide bonds. The topological polar surface area (TPSA) is 68.0 Å². The van der Waals surface area contributed by atoms with Gasteiger partial charge in [-0.15, -0.1) is 10.2 Å². The maximum atomic E-state index is 12.0. The summed E-state index contributed by atoms with van der Waals surface area (Å²) < 4.78 is 5.56. The Morgan fingerprint density at radius 1 is 1.08 bits per heavy atom. The highest BCUT2D eigenvalue weighted by Gasteiger charge is 2.12. The molecular weight excluding hydrogens is 338 g/mol. The van der Waals surface area contributed by atoms with Gasteiger partial charge < -0.3 is 9.73 Å². The Balaban J connectivity index is 1.49. The third kappa shape index (κ3) is 4.90. The summed E-state index contributed by atoms with van der Waals surface area (Å²) in [5.41, 5.74) is 3.11. The van der Waals surface area contributed by atoms with Crippen molar-refractivity contribution < 1.29 is 9.21 Å². The minimum atomic E-state index is -0.145. The molecular formula is C19H18ClN3O2. The zero-order valence-corrected chi connectivity index (χ0v) is 14.6. The lowest BCUT2D eigenvalue weighted by molar-refractivity contribution is -0.120. The van der Waals surface area contributed by atoms with E-state index in [9.17, 15) is 4.79 Å². The van der Waals surface area contributed by atoms with Crippen LogP contribution in [0.15, 0.2) is 52.9 Å². The zero-order chi connectivity index (χ0) is 17.6. The normalized spacial score (nSPS) is 10.6. The zero-order valence-electron chi connectivity index (χ0n) is 13.8. The molecule has 0 saturated heterocycles. The molecule has 0 spiro atoms. The van der Waals surface area contributed by atoms with Crippen LogP contribution in [0.4, 0.5) is 0 Å². The largest absolute Gasteiger partial charge is 0.420 e. The summed E-state index contributed by atoms with van der Waals surface area (Å²) in [5.74, 6) is 0.580. The first kappa shape index (κ1) is 17.2. The standard InChI is InChI=1S/C19H18ClN3O2/c1-13-2-6-15(7-3-13)19-23-22-18(25-19)12-17(24)21-11-10-14-4-8-16(20)9-5-14/h2-9H,10-12H2,1H3,(H,21,24). The number of carbonyl (C=O) groups excluding carboxylic acids is 1. The molecule has 0 aliphatic carbocycles. The van der Waals surface area contributed by atoms with Crippen LogP contribution in [0.2, 0.25) is 5.02 Å². The molecule has 0 atom stereocenters. The quantitative estimate of drug-likeness (QED) is 0.733. The van der Waals surface area contributed by atoms with Crippen molar-refractivity contribution in [3.05, 3.63) is 70.6 Å². The number of halogens is 1. The molecule has 25 heavy (non-hydrogen) atoms.